The smallest absolute Gasteiger partial charge is 0.228 e. The highest BCUT2D eigenvalue weighted by molar-refractivity contribution is 6.31. The van der Waals surface area contributed by atoms with Gasteiger partial charge in [0.25, 0.3) is 0 Å². The van der Waals surface area contributed by atoms with Crippen molar-refractivity contribution in [3.63, 3.8) is 0 Å². The third-order valence-electron chi connectivity index (χ3n) is 4.73. The summed E-state index contributed by atoms with van der Waals surface area (Å²) in [4.78, 5) is 6.97. The van der Waals surface area contributed by atoms with E-state index in [4.69, 9.17) is 16.1 Å². The fourth-order valence-electron chi connectivity index (χ4n) is 3.37. The minimum absolute atomic E-state index is 0. The molecular weight excluding hydrogens is 383 g/mol. The number of aromatic nitrogens is 2. The van der Waals surface area contributed by atoms with E-state index in [2.05, 4.69) is 26.4 Å². The predicted molar refractivity (Wildman–Crippen MR) is 109 cm³/mol. The maximum Gasteiger partial charge on any atom is 0.228 e. The van der Waals surface area contributed by atoms with Gasteiger partial charge in [-0.25, -0.2) is 0 Å². The largest absolute Gasteiger partial charge is 0.339 e. The Morgan fingerprint density at radius 3 is 2.70 bits per heavy atom. The van der Waals surface area contributed by atoms with E-state index in [9.17, 15) is 0 Å². The number of hydrogen-bond donors (Lipinski definition) is 1. The van der Waals surface area contributed by atoms with Gasteiger partial charge in [-0.1, -0.05) is 65.3 Å². The molecule has 142 valence electrons. The average Bonchev–Trinajstić information content (AvgIpc) is 3.17. The molecule has 1 aliphatic rings. The third-order valence-corrected chi connectivity index (χ3v) is 5.08. The molecule has 0 aliphatic carbocycles. The van der Waals surface area contributed by atoms with Crippen molar-refractivity contribution in [3.8, 4) is 11.4 Å². The number of halogens is 2. The van der Waals surface area contributed by atoms with Gasteiger partial charge in [0, 0.05) is 49.2 Å². The summed E-state index contributed by atoms with van der Waals surface area (Å²) >= 11 is 6.42. The highest BCUT2D eigenvalue weighted by atomic mass is 35.5. The summed E-state index contributed by atoms with van der Waals surface area (Å²) < 4.78 is 5.45. The lowest BCUT2D eigenvalue weighted by Crippen LogP contribution is -2.46. The quantitative estimate of drug-likeness (QED) is 0.696. The fourth-order valence-corrected chi connectivity index (χ4v) is 3.63. The molecule has 2 aromatic carbocycles. The van der Waals surface area contributed by atoms with Crippen LogP contribution in [0.3, 0.4) is 0 Å². The van der Waals surface area contributed by atoms with Crippen LogP contribution in [0.4, 0.5) is 0 Å². The van der Waals surface area contributed by atoms with Crippen LogP contribution in [0.5, 0.6) is 0 Å². The number of nitrogens with one attached hydrogen (secondary N) is 1. The molecule has 1 aliphatic heterocycles. The molecule has 1 unspecified atom stereocenters. The Morgan fingerprint density at radius 2 is 1.89 bits per heavy atom. The molecule has 4 rings (SSSR count). The topological polar surface area (TPSA) is 54.2 Å². The second-order valence-corrected chi connectivity index (χ2v) is 6.81. The molecule has 27 heavy (non-hydrogen) atoms. The lowest BCUT2D eigenvalue weighted by molar-refractivity contribution is 0.159. The lowest BCUT2D eigenvalue weighted by Gasteiger charge is -2.36. The normalized spacial score (nSPS) is 17.4. The standard InChI is InChI=1S/C20H21ClN4O.ClH/c21-17-9-5-4-8-16(17)18-14-22-11-13-25(18)12-10-19-23-20(24-26-19)15-6-2-1-3-7-15;/h1-9,18,22H,10-14H2;1H. The van der Waals surface area contributed by atoms with Gasteiger partial charge in [-0.3, -0.25) is 4.90 Å². The first-order chi connectivity index (χ1) is 12.8. The van der Waals surface area contributed by atoms with Crippen molar-refractivity contribution in [1.82, 2.24) is 20.4 Å². The summed E-state index contributed by atoms with van der Waals surface area (Å²) in [6.07, 6.45) is 0.723. The number of rotatable bonds is 5. The van der Waals surface area contributed by atoms with Crippen LogP contribution in [-0.2, 0) is 6.42 Å². The maximum absolute atomic E-state index is 6.42. The molecular formula is C20H22Cl2N4O. The van der Waals surface area contributed by atoms with Gasteiger partial charge in [-0.05, 0) is 11.6 Å². The molecule has 3 aromatic rings. The van der Waals surface area contributed by atoms with Gasteiger partial charge in [0.15, 0.2) is 0 Å². The third kappa shape index (κ3) is 4.68. The summed E-state index contributed by atoms with van der Waals surface area (Å²) in [7, 11) is 0. The molecule has 0 spiro atoms. The Morgan fingerprint density at radius 1 is 1.11 bits per heavy atom. The van der Waals surface area contributed by atoms with Gasteiger partial charge in [0.1, 0.15) is 0 Å². The summed E-state index contributed by atoms with van der Waals surface area (Å²) in [6, 6.07) is 18.2. The molecule has 1 saturated heterocycles. The van der Waals surface area contributed by atoms with Gasteiger partial charge in [0.2, 0.25) is 11.7 Å². The van der Waals surface area contributed by atoms with Gasteiger partial charge >= 0.3 is 0 Å². The van der Waals surface area contributed by atoms with Crippen LogP contribution < -0.4 is 5.32 Å². The summed E-state index contributed by atoms with van der Waals surface area (Å²) in [5.74, 6) is 1.31. The van der Waals surface area contributed by atoms with E-state index in [1.54, 1.807) is 0 Å². The van der Waals surface area contributed by atoms with Crippen molar-refractivity contribution < 1.29 is 4.52 Å². The van der Waals surface area contributed by atoms with Gasteiger partial charge in [-0.2, -0.15) is 4.98 Å². The molecule has 0 saturated carbocycles. The van der Waals surface area contributed by atoms with Crippen LogP contribution in [-0.4, -0.2) is 41.2 Å². The maximum atomic E-state index is 6.42. The van der Waals surface area contributed by atoms with E-state index in [0.29, 0.717) is 11.7 Å². The number of hydrogen-bond acceptors (Lipinski definition) is 5. The van der Waals surface area contributed by atoms with Gasteiger partial charge in [-0.15, -0.1) is 12.4 Å². The van der Waals surface area contributed by atoms with Crippen molar-refractivity contribution in [2.75, 3.05) is 26.2 Å². The molecule has 1 N–H and O–H groups in total. The SMILES string of the molecule is Cl.Clc1ccccc1C1CNCCN1CCc1nc(-c2ccccc2)no1. The second kappa shape index (κ2) is 9.33. The monoisotopic (exact) mass is 404 g/mol. The van der Waals surface area contributed by atoms with Crippen molar-refractivity contribution in [2.45, 2.75) is 12.5 Å². The summed E-state index contributed by atoms with van der Waals surface area (Å²) in [5, 5.41) is 8.38. The average molecular weight is 405 g/mol. The van der Waals surface area contributed by atoms with Crippen molar-refractivity contribution >= 4 is 24.0 Å². The minimum atomic E-state index is 0. The van der Waals surface area contributed by atoms with Gasteiger partial charge < -0.3 is 9.84 Å². The van der Waals surface area contributed by atoms with Crippen LogP contribution in [0.2, 0.25) is 5.02 Å². The van der Waals surface area contributed by atoms with E-state index in [1.807, 2.05) is 48.5 Å². The summed E-state index contributed by atoms with van der Waals surface area (Å²) in [5.41, 5.74) is 2.13. The Kier molecular flexibility index (Phi) is 6.85. The molecule has 1 fully saturated rings. The Hall–Kier alpha value is -1.92. The van der Waals surface area contributed by atoms with Crippen molar-refractivity contribution in [1.29, 1.82) is 0 Å². The second-order valence-electron chi connectivity index (χ2n) is 6.41. The summed E-state index contributed by atoms with van der Waals surface area (Å²) in [6.45, 7) is 3.69. The van der Waals surface area contributed by atoms with Crippen LogP contribution in [0.25, 0.3) is 11.4 Å². The van der Waals surface area contributed by atoms with Crippen LogP contribution in [0.15, 0.2) is 59.1 Å². The van der Waals surface area contributed by atoms with Crippen molar-refractivity contribution in [2.24, 2.45) is 0 Å². The zero-order valence-electron chi connectivity index (χ0n) is 14.8. The van der Waals surface area contributed by atoms with Crippen LogP contribution in [0, 0.1) is 0 Å². The lowest BCUT2D eigenvalue weighted by atomic mass is 10.0. The first-order valence-corrected chi connectivity index (χ1v) is 9.26. The zero-order chi connectivity index (χ0) is 17.8. The number of nitrogens with zero attached hydrogens (tertiary/aromatic N) is 3. The molecule has 1 aromatic heterocycles. The molecule has 0 radical (unpaired) electrons. The van der Waals surface area contributed by atoms with E-state index in [-0.39, 0.29) is 18.4 Å². The molecule has 0 bridgehead atoms. The minimum Gasteiger partial charge on any atom is -0.339 e. The van der Waals surface area contributed by atoms with E-state index in [1.165, 1.54) is 0 Å². The zero-order valence-corrected chi connectivity index (χ0v) is 16.4. The van der Waals surface area contributed by atoms with Crippen LogP contribution in [0.1, 0.15) is 17.5 Å². The van der Waals surface area contributed by atoms with Crippen LogP contribution >= 0.6 is 24.0 Å². The van der Waals surface area contributed by atoms with E-state index < -0.39 is 0 Å². The van der Waals surface area contributed by atoms with Crippen molar-refractivity contribution in [3.05, 3.63) is 71.1 Å². The highest BCUT2D eigenvalue weighted by Gasteiger charge is 2.25. The first kappa shape index (κ1) is 19.8. The highest BCUT2D eigenvalue weighted by Crippen LogP contribution is 2.28. The number of piperazine rings is 1. The Labute approximate surface area is 170 Å². The van der Waals surface area contributed by atoms with E-state index >= 15 is 0 Å². The first-order valence-electron chi connectivity index (χ1n) is 8.88. The molecule has 2 heterocycles. The predicted octanol–water partition coefficient (Wildman–Crippen LogP) is 4.00. The fraction of sp³-hybridized carbons (Fsp3) is 0.300. The molecule has 5 nitrogen and oxygen atoms in total. The Balaban J connectivity index is 0.00000210. The number of benzene rings is 2. The Bertz CT molecular complexity index is 856. The molecule has 0 amide bonds. The van der Waals surface area contributed by atoms with E-state index in [0.717, 1.165) is 48.7 Å². The van der Waals surface area contributed by atoms with Gasteiger partial charge in [0.05, 0.1) is 0 Å². The molecule has 7 heteroatoms. The molecule has 1 atom stereocenters.